The summed E-state index contributed by atoms with van der Waals surface area (Å²) < 4.78 is 48.2. The van der Waals surface area contributed by atoms with E-state index in [-0.39, 0.29) is 5.56 Å². The van der Waals surface area contributed by atoms with Crippen LogP contribution in [-0.4, -0.2) is 23.6 Å². The first kappa shape index (κ1) is 12.4. The first-order valence-electron chi connectivity index (χ1n) is 4.34. The third-order valence-corrected chi connectivity index (χ3v) is 1.71. The van der Waals surface area contributed by atoms with Crippen molar-refractivity contribution in [2.24, 2.45) is 0 Å². The maximum atomic E-state index is 13.0. The predicted octanol–water partition coefficient (Wildman–Crippen LogP) is 1.90. The van der Waals surface area contributed by atoms with E-state index in [0.717, 1.165) is 12.3 Å². The second-order valence-corrected chi connectivity index (χ2v) is 2.98. The number of amides is 1. The van der Waals surface area contributed by atoms with Crippen LogP contribution in [-0.2, 0) is 0 Å². The molecule has 0 saturated heterocycles. The van der Waals surface area contributed by atoms with Crippen molar-refractivity contribution in [2.45, 2.75) is 12.6 Å². The van der Waals surface area contributed by atoms with E-state index >= 15 is 0 Å². The van der Waals surface area contributed by atoms with E-state index in [0.29, 0.717) is 0 Å². The molecule has 88 valence electrons. The molecule has 0 aliphatic carbocycles. The molecule has 0 atom stereocenters. The molecule has 16 heavy (non-hydrogen) atoms. The van der Waals surface area contributed by atoms with E-state index in [1.807, 2.05) is 5.32 Å². The predicted molar refractivity (Wildman–Crippen MR) is 47.2 cm³/mol. The minimum absolute atomic E-state index is 0.322. The molecule has 0 aliphatic heterocycles. The van der Waals surface area contributed by atoms with Gasteiger partial charge in [0.2, 0.25) is 0 Å². The van der Waals surface area contributed by atoms with E-state index < -0.39 is 30.9 Å². The third-order valence-electron chi connectivity index (χ3n) is 1.71. The summed E-state index contributed by atoms with van der Waals surface area (Å²) in [6.45, 7) is -0.579. The molecule has 3 nitrogen and oxygen atoms in total. The van der Waals surface area contributed by atoms with Crippen LogP contribution in [0.25, 0.3) is 0 Å². The zero-order valence-corrected chi connectivity index (χ0v) is 8.01. The number of nitrogens with zero attached hydrogens (tertiary/aromatic N) is 1. The zero-order valence-electron chi connectivity index (χ0n) is 8.01. The van der Waals surface area contributed by atoms with Crippen molar-refractivity contribution in [1.29, 1.82) is 0 Å². The molecule has 0 fully saturated rings. The van der Waals surface area contributed by atoms with Gasteiger partial charge in [-0.1, -0.05) is 0 Å². The van der Waals surface area contributed by atoms with Crippen LogP contribution in [0.3, 0.4) is 0 Å². The van der Waals surface area contributed by atoms with Crippen molar-refractivity contribution in [1.82, 2.24) is 10.3 Å². The van der Waals surface area contributed by atoms with Crippen molar-refractivity contribution in [3.63, 3.8) is 0 Å². The molecule has 1 aromatic heterocycles. The van der Waals surface area contributed by atoms with Gasteiger partial charge in [-0.3, -0.25) is 9.78 Å². The monoisotopic (exact) mass is 236 g/mol. The van der Waals surface area contributed by atoms with E-state index in [2.05, 4.69) is 4.98 Å². The second kappa shape index (κ2) is 4.91. The first-order valence-corrected chi connectivity index (χ1v) is 4.34. The molecule has 7 heteroatoms. The third kappa shape index (κ3) is 3.84. The van der Waals surface area contributed by atoms with E-state index in [1.54, 1.807) is 0 Å². The Kier molecular flexibility index (Phi) is 3.81. The molecule has 0 spiro atoms. The average Bonchev–Trinajstić information content (AvgIpc) is 2.16. The van der Waals surface area contributed by atoms with Gasteiger partial charge in [0.15, 0.2) is 5.82 Å². The lowest BCUT2D eigenvalue weighted by atomic mass is 10.2. The molecule has 1 heterocycles. The summed E-state index contributed by atoms with van der Waals surface area (Å²) in [6, 6.07) is 1.10. The summed E-state index contributed by atoms with van der Waals surface area (Å²) >= 11 is 0. The Balaban J connectivity index is 2.51. The molecule has 0 unspecified atom stereocenters. The molecular formula is C9H8F4N2O. The molecule has 0 bridgehead atoms. The smallest absolute Gasteiger partial charge is 0.352 e. The molecule has 0 aliphatic rings. The number of hydrogen-bond donors (Lipinski definition) is 1. The van der Waals surface area contributed by atoms with Crippen molar-refractivity contribution in [2.75, 3.05) is 6.54 Å². The van der Waals surface area contributed by atoms with Crippen LogP contribution in [0, 0.1) is 5.82 Å². The normalized spacial score (nSPS) is 11.2. The van der Waals surface area contributed by atoms with Gasteiger partial charge in [0.05, 0.1) is 18.2 Å². The van der Waals surface area contributed by atoms with Gasteiger partial charge in [-0.2, -0.15) is 13.2 Å². The van der Waals surface area contributed by atoms with Crippen molar-refractivity contribution >= 4 is 5.91 Å². The number of carbonyl (C=O) groups is 1. The summed E-state index contributed by atoms with van der Waals surface area (Å²) in [4.78, 5) is 14.6. The Hall–Kier alpha value is -1.66. The standard InChI is InChI=1S/C9H8F4N2O/c10-7-5-14-3-1-6(7)8(16)15-4-2-9(11,12)13/h1,3,5H,2,4H2,(H,15,16). The lowest BCUT2D eigenvalue weighted by Gasteiger charge is -2.07. The van der Waals surface area contributed by atoms with Crippen molar-refractivity contribution in [3.8, 4) is 0 Å². The van der Waals surface area contributed by atoms with E-state index in [4.69, 9.17) is 0 Å². The molecule has 0 saturated carbocycles. The number of rotatable bonds is 3. The van der Waals surface area contributed by atoms with Gasteiger partial charge in [-0.25, -0.2) is 4.39 Å². The van der Waals surface area contributed by atoms with Gasteiger partial charge >= 0.3 is 6.18 Å². The van der Waals surface area contributed by atoms with Crippen LogP contribution in [0.4, 0.5) is 17.6 Å². The highest BCUT2D eigenvalue weighted by Gasteiger charge is 2.26. The molecular weight excluding hydrogens is 228 g/mol. The molecule has 1 N–H and O–H groups in total. The van der Waals surface area contributed by atoms with Crippen molar-refractivity contribution < 1.29 is 22.4 Å². The minimum atomic E-state index is -4.34. The van der Waals surface area contributed by atoms with Gasteiger partial charge in [0.1, 0.15) is 0 Å². The topological polar surface area (TPSA) is 42.0 Å². The fourth-order valence-corrected chi connectivity index (χ4v) is 0.972. The summed E-state index contributed by atoms with van der Waals surface area (Å²) in [5.74, 6) is -1.75. The zero-order chi connectivity index (χ0) is 12.2. The Morgan fingerprint density at radius 3 is 2.69 bits per heavy atom. The number of hydrogen-bond acceptors (Lipinski definition) is 2. The number of carbonyl (C=O) groups excluding carboxylic acids is 1. The summed E-state index contributed by atoms with van der Waals surface area (Å²) in [7, 11) is 0. The Bertz CT molecular complexity index is 378. The number of nitrogens with one attached hydrogen (secondary N) is 1. The van der Waals surface area contributed by atoms with Gasteiger partial charge < -0.3 is 5.32 Å². The highest BCUT2D eigenvalue weighted by atomic mass is 19.4. The second-order valence-electron chi connectivity index (χ2n) is 2.98. The highest BCUT2D eigenvalue weighted by molar-refractivity contribution is 5.94. The number of aromatic nitrogens is 1. The highest BCUT2D eigenvalue weighted by Crippen LogP contribution is 2.18. The minimum Gasteiger partial charge on any atom is -0.352 e. The molecule has 1 aromatic rings. The Morgan fingerprint density at radius 1 is 1.44 bits per heavy atom. The quantitative estimate of drug-likeness (QED) is 0.814. The lowest BCUT2D eigenvalue weighted by Crippen LogP contribution is -2.28. The van der Waals surface area contributed by atoms with Gasteiger partial charge in [-0.15, -0.1) is 0 Å². The van der Waals surface area contributed by atoms with Crippen LogP contribution in [0.15, 0.2) is 18.5 Å². The number of alkyl halides is 3. The van der Waals surface area contributed by atoms with Crippen LogP contribution >= 0.6 is 0 Å². The molecule has 1 rings (SSSR count). The van der Waals surface area contributed by atoms with E-state index in [9.17, 15) is 22.4 Å². The Labute approximate surface area is 88.5 Å². The first-order chi connectivity index (χ1) is 7.40. The maximum absolute atomic E-state index is 13.0. The molecule has 1 amide bonds. The largest absolute Gasteiger partial charge is 0.390 e. The van der Waals surface area contributed by atoms with Gasteiger partial charge in [-0.05, 0) is 6.07 Å². The SMILES string of the molecule is O=C(NCCC(F)(F)F)c1ccncc1F. The molecule has 0 aromatic carbocycles. The van der Waals surface area contributed by atoms with Crippen LogP contribution < -0.4 is 5.32 Å². The number of halogens is 4. The number of pyridine rings is 1. The molecule has 0 radical (unpaired) electrons. The Morgan fingerprint density at radius 2 is 2.12 bits per heavy atom. The fraction of sp³-hybridized carbons (Fsp3) is 0.333. The van der Waals surface area contributed by atoms with Crippen LogP contribution in [0.5, 0.6) is 0 Å². The van der Waals surface area contributed by atoms with Gasteiger partial charge in [0.25, 0.3) is 5.91 Å². The van der Waals surface area contributed by atoms with E-state index in [1.165, 1.54) is 6.20 Å². The fourth-order valence-electron chi connectivity index (χ4n) is 0.972. The van der Waals surface area contributed by atoms with Crippen LogP contribution in [0.2, 0.25) is 0 Å². The summed E-state index contributed by atoms with van der Waals surface area (Å²) in [5, 5.41) is 1.97. The van der Waals surface area contributed by atoms with Gasteiger partial charge in [0, 0.05) is 12.7 Å². The lowest BCUT2D eigenvalue weighted by molar-refractivity contribution is -0.132. The average molecular weight is 236 g/mol. The maximum Gasteiger partial charge on any atom is 0.390 e. The van der Waals surface area contributed by atoms with Crippen molar-refractivity contribution in [3.05, 3.63) is 29.8 Å². The summed E-state index contributed by atoms with van der Waals surface area (Å²) in [6.07, 6.45) is -3.49. The summed E-state index contributed by atoms with van der Waals surface area (Å²) in [5.41, 5.74) is -0.322. The van der Waals surface area contributed by atoms with Crippen LogP contribution in [0.1, 0.15) is 16.8 Å².